The van der Waals surface area contributed by atoms with Crippen molar-refractivity contribution >= 4 is 15.9 Å². The Morgan fingerprint density at radius 2 is 2.14 bits per heavy atom. The first-order chi connectivity index (χ1) is 6.68. The van der Waals surface area contributed by atoms with E-state index < -0.39 is 0 Å². The summed E-state index contributed by atoms with van der Waals surface area (Å²) < 4.78 is 1.08. The van der Waals surface area contributed by atoms with E-state index in [4.69, 9.17) is 0 Å². The second kappa shape index (κ2) is 4.01. The highest BCUT2D eigenvalue weighted by Gasteiger charge is 2.20. The van der Waals surface area contributed by atoms with E-state index in [-0.39, 0.29) is 6.10 Å². The topological polar surface area (TPSA) is 32.3 Å². The predicted octanol–water partition coefficient (Wildman–Crippen LogP) is 2.19. The molecular formula is C11H14BrNO. The van der Waals surface area contributed by atoms with E-state index >= 15 is 0 Å². The molecule has 2 nitrogen and oxygen atoms in total. The average Bonchev–Trinajstić information content (AvgIpc) is 2.28. The minimum Gasteiger partial charge on any atom is -0.387 e. The van der Waals surface area contributed by atoms with Gasteiger partial charge in [-0.3, -0.25) is 0 Å². The molecule has 2 N–H and O–H groups in total. The molecule has 3 heteroatoms. The fourth-order valence-electron chi connectivity index (χ4n) is 1.93. The van der Waals surface area contributed by atoms with Crippen molar-refractivity contribution in [2.24, 2.45) is 0 Å². The minimum absolute atomic E-state index is 0.372. The highest BCUT2D eigenvalue weighted by Crippen LogP contribution is 2.29. The van der Waals surface area contributed by atoms with Crippen molar-refractivity contribution in [3.63, 3.8) is 0 Å². The monoisotopic (exact) mass is 255 g/mol. The van der Waals surface area contributed by atoms with Gasteiger partial charge in [0.1, 0.15) is 0 Å². The van der Waals surface area contributed by atoms with Gasteiger partial charge in [-0.15, -0.1) is 0 Å². The molecule has 0 aliphatic carbocycles. The number of rotatable bonds is 0. The molecule has 0 saturated heterocycles. The molecule has 0 saturated carbocycles. The van der Waals surface area contributed by atoms with E-state index in [2.05, 4.69) is 34.2 Å². The minimum atomic E-state index is -0.372. The third-order valence-corrected chi connectivity index (χ3v) is 3.22. The van der Waals surface area contributed by atoms with Crippen LogP contribution in [0.2, 0.25) is 0 Å². The Morgan fingerprint density at radius 3 is 2.93 bits per heavy atom. The summed E-state index contributed by atoms with van der Waals surface area (Å²) in [5.41, 5.74) is 2.31. The van der Waals surface area contributed by atoms with Gasteiger partial charge in [0.15, 0.2) is 0 Å². The Hall–Kier alpha value is -0.380. The van der Waals surface area contributed by atoms with E-state index in [1.165, 1.54) is 5.56 Å². The van der Waals surface area contributed by atoms with Gasteiger partial charge in [-0.2, -0.15) is 0 Å². The molecule has 2 rings (SSSR count). The summed E-state index contributed by atoms with van der Waals surface area (Å²) in [5, 5.41) is 13.1. The van der Waals surface area contributed by atoms with Gasteiger partial charge in [0, 0.05) is 17.6 Å². The number of nitrogens with one attached hydrogen (secondary N) is 1. The number of benzene rings is 1. The molecule has 1 aromatic rings. The number of aliphatic hydroxyl groups is 1. The van der Waals surface area contributed by atoms with Gasteiger partial charge >= 0.3 is 0 Å². The van der Waals surface area contributed by atoms with Gasteiger partial charge < -0.3 is 10.4 Å². The Bertz CT molecular complexity index is 340. The summed E-state index contributed by atoms with van der Waals surface area (Å²) in [6.45, 7) is 3.76. The largest absolute Gasteiger partial charge is 0.387 e. The normalized spacial score (nSPS) is 26.8. The van der Waals surface area contributed by atoms with Crippen molar-refractivity contribution in [1.29, 1.82) is 0 Å². The van der Waals surface area contributed by atoms with Gasteiger partial charge in [-0.1, -0.05) is 28.9 Å². The van der Waals surface area contributed by atoms with Crippen LogP contribution in [-0.4, -0.2) is 18.2 Å². The summed E-state index contributed by atoms with van der Waals surface area (Å²) >= 11 is 3.46. The number of halogens is 1. The van der Waals surface area contributed by atoms with Crippen molar-refractivity contribution in [3.8, 4) is 0 Å². The molecule has 14 heavy (non-hydrogen) atoms. The molecule has 2 atom stereocenters. The van der Waals surface area contributed by atoms with Crippen LogP contribution >= 0.6 is 15.9 Å². The molecule has 0 radical (unpaired) electrons. The molecule has 2 unspecified atom stereocenters. The fourth-order valence-corrected chi connectivity index (χ4v) is 2.31. The van der Waals surface area contributed by atoms with Crippen molar-refractivity contribution in [2.75, 3.05) is 13.1 Å². The maximum absolute atomic E-state index is 9.87. The smallest absolute Gasteiger partial charge is 0.0917 e. The number of fused-ring (bicyclic) bond motifs is 1. The first kappa shape index (κ1) is 10.1. The predicted molar refractivity (Wildman–Crippen MR) is 60.4 cm³/mol. The van der Waals surface area contributed by atoms with Crippen LogP contribution in [0.4, 0.5) is 0 Å². The van der Waals surface area contributed by atoms with Crippen molar-refractivity contribution in [3.05, 3.63) is 33.8 Å². The van der Waals surface area contributed by atoms with Crippen LogP contribution in [-0.2, 0) is 0 Å². The second-order valence-corrected chi connectivity index (χ2v) is 4.76. The molecule has 1 aliphatic rings. The van der Waals surface area contributed by atoms with E-state index in [0.29, 0.717) is 12.5 Å². The Labute approximate surface area is 92.5 Å². The van der Waals surface area contributed by atoms with Gasteiger partial charge in [0.05, 0.1) is 6.10 Å². The van der Waals surface area contributed by atoms with E-state index in [9.17, 15) is 5.11 Å². The Morgan fingerprint density at radius 1 is 1.36 bits per heavy atom. The third-order valence-electron chi connectivity index (χ3n) is 2.73. The van der Waals surface area contributed by atoms with Crippen LogP contribution in [0.3, 0.4) is 0 Å². The van der Waals surface area contributed by atoms with Gasteiger partial charge in [0.2, 0.25) is 0 Å². The molecule has 76 valence electrons. The zero-order valence-electron chi connectivity index (χ0n) is 8.13. The standard InChI is InChI=1S/C11H14BrNO/c1-7-5-13-6-11(14)9-3-2-8(12)4-10(7)9/h2-4,7,11,13-14H,5-6H2,1H3. The van der Waals surface area contributed by atoms with E-state index in [1.807, 2.05) is 12.1 Å². The van der Waals surface area contributed by atoms with E-state index in [0.717, 1.165) is 16.6 Å². The van der Waals surface area contributed by atoms with Crippen LogP contribution in [0.5, 0.6) is 0 Å². The van der Waals surface area contributed by atoms with Crippen LogP contribution in [0.1, 0.15) is 30.1 Å². The summed E-state index contributed by atoms with van der Waals surface area (Å²) in [7, 11) is 0. The lowest BCUT2D eigenvalue weighted by Gasteiger charge is -2.14. The summed E-state index contributed by atoms with van der Waals surface area (Å²) in [5.74, 6) is 0.458. The molecule has 0 amide bonds. The third kappa shape index (κ3) is 1.85. The lowest BCUT2D eigenvalue weighted by atomic mass is 9.94. The number of β-amino-alcohol motifs (C(OH)–C–C–N with tert-alkyl or cyclic N) is 1. The highest BCUT2D eigenvalue weighted by atomic mass is 79.9. The molecule has 1 heterocycles. The molecule has 0 bridgehead atoms. The molecule has 0 aromatic heterocycles. The molecule has 1 aliphatic heterocycles. The molecule has 0 spiro atoms. The van der Waals surface area contributed by atoms with Gasteiger partial charge in [-0.25, -0.2) is 0 Å². The number of hydrogen-bond acceptors (Lipinski definition) is 2. The zero-order valence-corrected chi connectivity index (χ0v) is 9.71. The number of aliphatic hydroxyl groups excluding tert-OH is 1. The van der Waals surface area contributed by atoms with Crippen LogP contribution in [0.25, 0.3) is 0 Å². The first-order valence-electron chi connectivity index (χ1n) is 4.86. The molecule has 1 aromatic carbocycles. The SMILES string of the molecule is CC1CNCC(O)c2ccc(Br)cc21. The summed E-state index contributed by atoms with van der Waals surface area (Å²) in [6, 6.07) is 6.10. The fraction of sp³-hybridized carbons (Fsp3) is 0.455. The van der Waals surface area contributed by atoms with Crippen LogP contribution in [0, 0.1) is 0 Å². The lowest BCUT2D eigenvalue weighted by Crippen LogP contribution is -2.21. The van der Waals surface area contributed by atoms with Crippen molar-refractivity contribution < 1.29 is 5.11 Å². The van der Waals surface area contributed by atoms with Crippen LogP contribution < -0.4 is 5.32 Å². The van der Waals surface area contributed by atoms with Crippen LogP contribution in [0.15, 0.2) is 22.7 Å². The zero-order chi connectivity index (χ0) is 10.1. The number of hydrogen-bond donors (Lipinski definition) is 2. The van der Waals surface area contributed by atoms with Gasteiger partial charge in [-0.05, 0) is 29.2 Å². The highest BCUT2D eigenvalue weighted by molar-refractivity contribution is 9.10. The van der Waals surface area contributed by atoms with Crippen molar-refractivity contribution in [1.82, 2.24) is 5.32 Å². The summed E-state index contributed by atoms with van der Waals surface area (Å²) in [4.78, 5) is 0. The quantitative estimate of drug-likeness (QED) is 0.745. The van der Waals surface area contributed by atoms with Gasteiger partial charge in [0.25, 0.3) is 0 Å². The first-order valence-corrected chi connectivity index (χ1v) is 5.66. The molecule has 0 fully saturated rings. The van der Waals surface area contributed by atoms with Crippen molar-refractivity contribution in [2.45, 2.75) is 18.9 Å². The molecular weight excluding hydrogens is 242 g/mol. The summed E-state index contributed by atoms with van der Waals surface area (Å²) in [6.07, 6.45) is -0.372. The maximum Gasteiger partial charge on any atom is 0.0917 e. The second-order valence-electron chi connectivity index (χ2n) is 3.85. The average molecular weight is 256 g/mol. The Kier molecular flexibility index (Phi) is 2.91. The maximum atomic E-state index is 9.87. The van der Waals surface area contributed by atoms with E-state index in [1.54, 1.807) is 0 Å². The lowest BCUT2D eigenvalue weighted by molar-refractivity contribution is 0.178. The Balaban J connectivity index is 2.48.